The molecule has 0 fully saturated rings. The number of rotatable bonds is 4. The summed E-state index contributed by atoms with van der Waals surface area (Å²) in [6, 6.07) is 44.3. The number of pyridine rings is 1. The highest BCUT2D eigenvalue weighted by Crippen LogP contribution is 2.45. The molecular weight excluding hydrogens is 581 g/mol. The maximum absolute atomic E-state index is 4.68. The van der Waals surface area contributed by atoms with E-state index in [-0.39, 0.29) is 0 Å². The van der Waals surface area contributed by atoms with Gasteiger partial charge in [-0.15, -0.1) is 0 Å². The van der Waals surface area contributed by atoms with Crippen molar-refractivity contribution in [3.8, 4) is 5.69 Å². The first kappa shape index (κ1) is 28.5. The van der Waals surface area contributed by atoms with E-state index in [0.29, 0.717) is 5.92 Å². The van der Waals surface area contributed by atoms with Gasteiger partial charge in [0.2, 0.25) is 0 Å². The van der Waals surface area contributed by atoms with E-state index in [1.54, 1.807) is 0 Å². The van der Waals surface area contributed by atoms with E-state index in [4.69, 9.17) is 0 Å². The molecule has 7 aromatic rings. The van der Waals surface area contributed by atoms with Crippen LogP contribution in [0, 0.1) is 5.92 Å². The van der Waals surface area contributed by atoms with Gasteiger partial charge in [0.25, 0.3) is 0 Å². The quantitative estimate of drug-likeness (QED) is 0.192. The van der Waals surface area contributed by atoms with Crippen LogP contribution < -0.4 is 0 Å². The lowest BCUT2D eigenvalue weighted by Crippen LogP contribution is -1.95. The van der Waals surface area contributed by atoms with Crippen LogP contribution in [0.25, 0.3) is 55.1 Å². The Labute approximate surface area is 281 Å². The third kappa shape index (κ3) is 4.84. The van der Waals surface area contributed by atoms with Crippen molar-refractivity contribution in [2.24, 2.45) is 5.92 Å². The van der Waals surface area contributed by atoms with Gasteiger partial charge in [0.1, 0.15) is 0 Å². The SMILES string of the molecule is CC1/C2=C\C=C/CC(c3cccc(Cc4ccc5c(c4)c4ccc6ncccc6c4n5-c4ccccc4)c3)=CC/C=C\1c1ccccc12. The number of allylic oxidation sites excluding steroid dienone is 8. The molecule has 230 valence electrons. The molecule has 48 heavy (non-hydrogen) atoms. The van der Waals surface area contributed by atoms with E-state index in [1.807, 2.05) is 12.3 Å². The van der Waals surface area contributed by atoms with E-state index in [2.05, 4.69) is 162 Å². The number of fused-ring (bicyclic) bond motifs is 10. The molecule has 0 saturated carbocycles. The smallest absolute Gasteiger partial charge is 0.0723 e. The minimum atomic E-state index is 0.416. The fourth-order valence-corrected chi connectivity index (χ4v) is 7.94. The van der Waals surface area contributed by atoms with Crippen molar-refractivity contribution < 1.29 is 0 Å². The Morgan fingerprint density at radius 3 is 2.42 bits per heavy atom. The zero-order valence-electron chi connectivity index (χ0n) is 27.1. The second-order valence-corrected chi connectivity index (χ2v) is 13.1. The summed E-state index contributed by atoms with van der Waals surface area (Å²) in [6.07, 6.45) is 16.4. The zero-order valence-corrected chi connectivity index (χ0v) is 27.1. The van der Waals surface area contributed by atoms with E-state index in [0.717, 1.165) is 30.5 Å². The van der Waals surface area contributed by atoms with Crippen molar-refractivity contribution in [2.45, 2.75) is 26.2 Å². The lowest BCUT2D eigenvalue weighted by atomic mass is 9.95. The van der Waals surface area contributed by atoms with E-state index in [1.165, 1.54) is 71.7 Å². The fraction of sp³-hybridized carbons (Fsp3) is 0.109. The predicted octanol–water partition coefficient (Wildman–Crippen LogP) is 11.8. The minimum Gasteiger partial charge on any atom is -0.309 e. The minimum absolute atomic E-state index is 0.416. The van der Waals surface area contributed by atoms with Crippen LogP contribution in [0.5, 0.6) is 0 Å². The molecule has 0 amide bonds. The summed E-state index contributed by atoms with van der Waals surface area (Å²) in [4.78, 5) is 4.68. The first-order chi connectivity index (χ1) is 23.7. The lowest BCUT2D eigenvalue weighted by molar-refractivity contribution is 1.01. The molecule has 2 nitrogen and oxygen atoms in total. The number of benzene rings is 5. The van der Waals surface area contributed by atoms with Crippen molar-refractivity contribution in [3.05, 3.63) is 186 Å². The van der Waals surface area contributed by atoms with Crippen molar-refractivity contribution in [3.63, 3.8) is 0 Å². The lowest BCUT2D eigenvalue weighted by Gasteiger charge is -2.10. The van der Waals surface area contributed by atoms with Gasteiger partial charge in [-0.1, -0.05) is 116 Å². The Hall–Kier alpha value is -5.73. The molecule has 9 rings (SSSR count). The number of para-hydroxylation sites is 1. The van der Waals surface area contributed by atoms with Crippen LogP contribution in [0.4, 0.5) is 0 Å². The van der Waals surface area contributed by atoms with Crippen molar-refractivity contribution in [2.75, 3.05) is 0 Å². The van der Waals surface area contributed by atoms with Gasteiger partial charge in [-0.3, -0.25) is 4.98 Å². The Kier molecular flexibility index (Phi) is 7.01. The molecule has 2 bridgehead atoms. The van der Waals surface area contributed by atoms with E-state index in [9.17, 15) is 0 Å². The Morgan fingerprint density at radius 2 is 1.52 bits per heavy atom. The molecule has 1 atom stereocenters. The third-order valence-electron chi connectivity index (χ3n) is 10.2. The first-order valence-electron chi connectivity index (χ1n) is 17.0. The molecular formula is C46H36N2. The van der Waals surface area contributed by atoms with Crippen LogP contribution >= 0.6 is 0 Å². The van der Waals surface area contributed by atoms with E-state index >= 15 is 0 Å². The summed E-state index contributed by atoms with van der Waals surface area (Å²) in [6.45, 7) is 2.34. The van der Waals surface area contributed by atoms with Gasteiger partial charge >= 0.3 is 0 Å². The highest BCUT2D eigenvalue weighted by atomic mass is 15.0. The predicted molar refractivity (Wildman–Crippen MR) is 203 cm³/mol. The van der Waals surface area contributed by atoms with Crippen molar-refractivity contribution in [1.82, 2.24) is 9.55 Å². The number of nitrogens with zero attached hydrogens (tertiary/aromatic N) is 2. The summed E-state index contributed by atoms with van der Waals surface area (Å²) >= 11 is 0. The first-order valence-corrected chi connectivity index (χ1v) is 17.0. The van der Waals surface area contributed by atoms with Gasteiger partial charge in [-0.05, 0) is 106 Å². The molecule has 0 N–H and O–H groups in total. The molecule has 5 aromatic carbocycles. The molecule has 0 aliphatic heterocycles. The standard InChI is InChI=1S/C46H36N2/c1-31-37-18-6-5-13-34(14-10-21-38(31)40-20-8-7-19-39(37)40)35-15-9-12-32(29-35)28-33-23-26-45-43(30-33)41-24-25-44-42(22-11-27-47-44)46(41)48(45)36-16-3-2-4-17-36/h2-9,11-12,14-27,29-31H,10,13,28H2,1H3/b6-5-,34-14?,37-18+,38-21+. The molecule has 0 radical (unpaired) electrons. The highest BCUT2D eigenvalue weighted by molar-refractivity contribution is 6.18. The second kappa shape index (κ2) is 11.8. The average molecular weight is 617 g/mol. The molecule has 2 heterocycles. The molecule has 2 aliphatic carbocycles. The summed E-state index contributed by atoms with van der Waals surface area (Å²) in [5, 5.41) is 3.71. The normalized spacial score (nSPS) is 18.9. The summed E-state index contributed by atoms with van der Waals surface area (Å²) in [5.74, 6) is 0.416. The third-order valence-corrected chi connectivity index (χ3v) is 10.2. The van der Waals surface area contributed by atoms with Gasteiger partial charge in [0, 0.05) is 34.0 Å². The van der Waals surface area contributed by atoms with Crippen molar-refractivity contribution in [1.29, 1.82) is 0 Å². The second-order valence-electron chi connectivity index (χ2n) is 13.1. The van der Waals surface area contributed by atoms with Gasteiger partial charge in [0.15, 0.2) is 0 Å². The Morgan fingerprint density at radius 1 is 0.688 bits per heavy atom. The van der Waals surface area contributed by atoms with Crippen LogP contribution in [-0.4, -0.2) is 9.55 Å². The largest absolute Gasteiger partial charge is 0.309 e. The summed E-state index contributed by atoms with van der Waals surface area (Å²) in [5.41, 5.74) is 15.6. The van der Waals surface area contributed by atoms with E-state index < -0.39 is 0 Å². The van der Waals surface area contributed by atoms with Crippen LogP contribution in [0.2, 0.25) is 0 Å². The maximum Gasteiger partial charge on any atom is 0.0723 e. The monoisotopic (exact) mass is 616 g/mol. The zero-order chi connectivity index (χ0) is 32.0. The maximum atomic E-state index is 4.68. The highest BCUT2D eigenvalue weighted by Gasteiger charge is 2.27. The van der Waals surface area contributed by atoms with Crippen LogP contribution in [-0.2, 0) is 6.42 Å². The van der Waals surface area contributed by atoms with Crippen molar-refractivity contribution >= 4 is 49.4 Å². The Balaban J connectivity index is 1.07. The fourth-order valence-electron chi connectivity index (χ4n) is 7.94. The van der Waals surface area contributed by atoms with Gasteiger partial charge < -0.3 is 4.57 Å². The van der Waals surface area contributed by atoms with Crippen LogP contribution in [0.3, 0.4) is 0 Å². The molecule has 2 aliphatic rings. The Bertz CT molecular complexity index is 2490. The summed E-state index contributed by atoms with van der Waals surface area (Å²) in [7, 11) is 0. The topological polar surface area (TPSA) is 17.8 Å². The average Bonchev–Trinajstić information content (AvgIpc) is 3.59. The van der Waals surface area contributed by atoms with Crippen LogP contribution in [0.1, 0.15) is 47.6 Å². The molecule has 2 heteroatoms. The number of hydrogen-bond acceptors (Lipinski definition) is 1. The molecule has 0 saturated heterocycles. The van der Waals surface area contributed by atoms with Gasteiger partial charge in [-0.2, -0.15) is 0 Å². The molecule has 2 aromatic heterocycles. The summed E-state index contributed by atoms with van der Waals surface area (Å²) < 4.78 is 2.40. The number of hydrogen-bond donors (Lipinski definition) is 0. The molecule has 1 unspecified atom stereocenters. The van der Waals surface area contributed by atoms with Gasteiger partial charge in [-0.25, -0.2) is 0 Å². The van der Waals surface area contributed by atoms with Crippen LogP contribution in [0.15, 0.2) is 158 Å². The van der Waals surface area contributed by atoms with Gasteiger partial charge in [0.05, 0.1) is 16.6 Å². The number of aromatic nitrogens is 2. The molecule has 0 spiro atoms.